The molecule has 1 atom stereocenters. The number of likely N-dealkylation sites (N-methyl/N-ethyl adjacent to an activating group) is 1. The molecule has 2 heterocycles. The maximum atomic E-state index is 13.6. The summed E-state index contributed by atoms with van der Waals surface area (Å²) in [5, 5.41) is 0.515. The van der Waals surface area contributed by atoms with Crippen molar-refractivity contribution in [3.8, 4) is 5.75 Å². The van der Waals surface area contributed by atoms with E-state index in [2.05, 4.69) is 6.58 Å². The minimum absolute atomic E-state index is 0.141. The Bertz CT molecular complexity index is 1210. The third kappa shape index (κ3) is 3.94. The number of fused-ring (bicyclic) bond motifs is 2. The van der Waals surface area contributed by atoms with Gasteiger partial charge in [0, 0.05) is 13.1 Å². The van der Waals surface area contributed by atoms with E-state index in [1.165, 1.54) is 0 Å². The van der Waals surface area contributed by atoms with Gasteiger partial charge in [-0.3, -0.25) is 9.59 Å². The minimum atomic E-state index is -0.503. The van der Waals surface area contributed by atoms with Gasteiger partial charge < -0.3 is 19.0 Å². The van der Waals surface area contributed by atoms with Crippen molar-refractivity contribution in [1.29, 1.82) is 0 Å². The van der Waals surface area contributed by atoms with Gasteiger partial charge in [-0.2, -0.15) is 0 Å². The SMILES string of the molecule is C=CCOc1ccc(C2c3c(oc4ccc(CC)cc4c3=O)C(=O)N2CCN(C)C)cc1. The van der Waals surface area contributed by atoms with E-state index in [0.29, 0.717) is 42.0 Å². The predicted molar refractivity (Wildman–Crippen MR) is 125 cm³/mol. The molecule has 0 spiro atoms. The first-order valence-corrected chi connectivity index (χ1v) is 10.8. The number of rotatable bonds is 8. The van der Waals surface area contributed by atoms with Crippen LogP contribution in [0.25, 0.3) is 11.0 Å². The Hall–Kier alpha value is -3.38. The molecule has 0 bridgehead atoms. The Balaban J connectivity index is 1.85. The second-order valence-electron chi connectivity index (χ2n) is 8.23. The van der Waals surface area contributed by atoms with Crippen LogP contribution in [0, 0.1) is 0 Å². The van der Waals surface area contributed by atoms with E-state index < -0.39 is 6.04 Å². The number of carbonyl (C=O) groups is 1. The quantitative estimate of drug-likeness (QED) is 0.503. The molecular weight excluding hydrogens is 404 g/mol. The van der Waals surface area contributed by atoms with Gasteiger partial charge in [0.25, 0.3) is 5.91 Å². The summed E-state index contributed by atoms with van der Waals surface area (Å²) < 4.78 is 11.6. The number of nitrogens with zero attached hydrogens (tertiary/aromatic N) is 2. The molecule has 0 radical (unpaired) electrons. The van der Waals surface area contributed by atoms with Gasteiger partial charge >= 0.3 is 0 Å². The monoisotopic (exact) mass is 432 g/mol. The Morgan fingerprint density at radius 3 is 2.56 bits per heavy atom. The highest BCUT2D eigenvalue weighted by atomic mass is 16.5. The molecule has 0 saturated carbocycles. The molecule has 0 aliphatic carbocycles. The van der Waals surface area contributed by atoms with Crippen LogP contribution < -0.4 is 10.2 Å². The van der Waals surface area contributed by atoms with Crippen LogP contribution in [0.4, 0.5) is 0 Å². The van der Waals surface area contributed by atoms with Crippen LogP contribution in [0.2, 0.25) is 0 Å². The topological polar surface area (TPSA) is 63.0 Å². The first kappa shape index (κ1) is 21.8. The number of hydrogen-bond donors (Lipinski definition) is 0. The number of hydrogen-bond acceptors (Lipinski definition) is 5. The number of aryl methyl sites for hydroxylation is 1. The van der Waals surface area contributed by atoms with Crippen molar-refractivity contribution in [2.75, 3.05) is 33.8 Å². The summed E-state index contributed by atoms with van der Waals surface area (Å²) in [6, 6.07) is 12.6. The number of benzene rings is 2. The van der Waals surface area contributed by atoms with Crippen molar-refractivity contribution in [3.05, 3.63) is 87.8 Å². The second-order valence-corrected chi connectivity index (χ2v) is 8.23. The summed E-state index contributed by atoms with van der Waals surface area (Å²) in [6.07, 6.45) is 2.50. The predicted octanol–water partition coefficient (Wildman–Crippen LogP) is 4.03. The summed E-state index contributed by atoms with van der Waals surface area (Å²) in [6.45, 7) is 7.27. The highest BCUT2D eigenvalue weighted by Gasteiger charge is 2.42. The van der Waals surface area contributed by atoms with Gasteiger partial charge in [-0.05, 0) is 55.9 Å². The lowest BCUT2D eigenvalue weighted by molar-refractivity contribution is 0.0716. The van der Waals surface area contributed by atoms with E-state index in [9.17, 15) is 9.59 Å². The van der Waals surface area contributed by atoms with Crippen LogP contribution in [0.1, 0.15) is 40.2 Å². The molecule has 1 aliphatic rings. The molecule has 0 N–H and O–H groups in total. The number of ether oxygens (including phenoxy) is 1. The average Bonchev–Trinajstić information content (AvgIpc) is 3.08. The lowest BCUT2D eigenvalue weighted by Gasteiger charge is -2.26. The molecule has 1 aromatic heterocycles. The zero-order chi connectivity index (χ0) is 22.8. The molecule has 166 valence electrons. The normalized spacial score (nSPS) is 15.4. The van der Waals surface area contributed by atoms with Crippen LogP contribution in [0.3, 0.4) is 0 Å². The average molecular weight is 433 g/mol. The van der Waals surface area contributed by atoms with Gasteiger partial charge in [0.2, 0.25) is 5.76 Å². The highest BCUT2D eigenvalue weighted by molar-refractivity contribution is 5.99. The van der Waals surface area contributed by atoms with Gasteiger partial charge in [0.15, 0.2) is 5.43 Å². The molecule has 1 amide bonds. The molecule has 1 unspecified atom stereocenters. The minimum Gasteiger partial charge on any atom is -0.490 e. The van der Waals surface area contributed by atoms with E-state index in [1.54, 1.807) is 17.0 Å². The molecule has 2 aromatic carbocycles. The standard InChI is InChI=1S/C26H28N2O4/c1-5-15-31-19-10-8-18(9-11-19)23-22-24(29)20-16-17(6-2)7-12-21(20)32-25(22)26(30)28(23)14-13-27(3)4/h5,7-12,16,23H,1,6,13-15H2,2-4H3. The summed E-state index contributed by atoms with van der Waals surface area (Å²) in [5.41, 5.74) is 2.61. The van der Waals surface area contributed by atoms with Crippen LogP contribution >= 0.6 is 0 Å². The fourth-order valence-electron chi connectivity index (χ4n) is 4.07. The summed E-state index contributed by atoms with van der Waals surface area (Å²) in [5.74, 6) is 0.594. The molecular formula is C26H28N2O4. The molecule has 6 nitrogen and oxygen atoms in total. The van der Waals surface area contributed by atoms with Crippen LogP contribution in [0.15, 0.2) is 64.3 Å². The third-order valence-electron chi connectivity index (χ3n) is 5.79. The third-order valence-corrected chi connectivity index (χ3v) is 5.79. The van der Waals surface area contributed by atoms with Gasteiger partial charge in [0.1, 0.15) is 17.9 Å². The first-order valence-electron chi connectivity index (χ1n) is 10.8. The summed E-state index contributed by atoms with van der Waals surface area (Å²) in [7, 11) is 3.91. The van der Waals surface area contributed by atoms with E-state index in [1.807, 2.05) is 62.3 Å². The van der Waals surface area contributed by atoms with Crippen molar-refractivity contribution in [3.63, 3.8) is 0 Å². The Labute approximate surface area is 187 Å². The van der Waals surface area contributed by atoms with Crippen LogP contribution in [0.5, 0.6) is 5.75 Å². The van der Waals surface area contributed by atoms with Gasteiger partial charge in [-0.1, -0.05) is 37.8 Å². The van der Waals surface area contributed by atoms with Crippen molar-refractivity contribution >= 4 is 16.9 Å². The van der Waals surface area contributed by atoms with E-state index in [-0.39, 0.29) is 17.1 Å². The van der Waals surface area contributed by atoms with Crippen LogP contribution in [-0.2, 0) is 6.42 Å². The molecule has 32 heavy (non-hydrogen) atoms. The zero-order valence-corrected chi connectivity index (χ0v) is 18.8. The molecule has 6 heteroatoms. The second kappa shape index (κ2) is 9.01. The maximum absolute atomic E-state index is 13.6. The highest BCUT2D eigenvalue weighted by Crippen LogP contribution is 2.38. The summed E-state index contributed by atoms with van der Waals surface area (Å²) >= 11 is 0. The molecule has 0 saturated heterocycles. The van der Waals surface area contributed by atoms with Gasteiger partial charge in [-0.25, -0.2) is 0 Å². The number of carbonyl (C=O) groups excluding carboxylic acids is 1. The Morgan fingerprint density at radius 1 is 1.16 bits per heavy atom. The van der Waals surface area contributed by atoms with Crippen molar-refractivity contribution in [2.24, 2.45) is 0 Å². The summed E-state index contributed by atoms with van der Waals surface area (Å²) in [4.78, 5) is 30.7. The van der Waals surface area contributed by atoms with Crippen molar-refractivity contribution < 1.29 is 13.9 Å². The number of amides is 1. The van der Waals surface area contributed by atoms with Gasteiger partial charge in [0.05, 0.1) is 17.0 Å². The Kier molecular flexibility index (Phi) is 6.15. The zero-order valence-electron chi connectivity index (χ0n) is 18.8. The fraction of sp³-hybridized carbons (Fsp3) is 0.308. The van der Waals surface area contributed by atoms with Crippen LogP contribution in [-0.4, -0.2) is 49.5 Å². The first-order chi connectivity index (χ1) is 15.4. The van der Waals surface area contributed by atoms with E-state index >= 15 is 0 Å². The maximum Gasteiger partial charge on any atom is 0.290 e. The fourth-order valence-corrected chi connectivity index (χ4v) is 4.07. The molecule has 1 aliphatic heterocycles. The van der Waals surface area contributed by atoms with Crippen molar-refractivity contribution in [2.45, 2.75) is 19.4 Å². The van der Waals surface area contributed by atoms with E-state index in [0.717, 1.165) is 17.5 Å². The van der Waals surface area contributed by atoms with E-state index in [4.69, 9.17) is 9.15 Å². The van der Waals surface area contributed by atoms with Crippen molar-refractivity contribution in [1.82, 2.24) is 9.80 Å². The lowest BCUT2D eigenvalue weighted by atomic mass is 9.98. The molecule has 4 rings (SSSR count). The largest absolute Gasteiger partial charge is 0.490 e. The smallest absolute Gasteiger partial charge is 0.290 e. The molecule has 3 aromatic rings. The molecule has 0 fully saturated rings. The lowest BCUT2D eigenvalue weighted by Crippen LogP contribution is -2.35. The van der Waals surface area contributed by atoms with Gasteiger partial charge in [-0.15, -0.1) is 0 Å². The Morgan fingerprint density at radius 2 is 1.91 bits per heavy atom.